The maximum atomic E-state index is 11.7. The summed E-state index contributed by atoms with van der Waals surface area (Å²) in [6.07, 6.45) is 2.77. The lowest BCUT2D eigenvalue weighted by Gasteiger charge is -2.38. The third-order valence-electron chi connectivity index (χ3n) is 5.70. The largest absolute Gasteiger partial charge is 0.354 e. The van der Waals surface area contributed by atoms with Crippen LogP contribution in [0.3, 0.4) is 0 Å². The molecule has 0 bridgehead atoms. The van der Waals surface area contributed by atoms with Crippen molar-refractivity contribution in [2.24, 2.45) is 0 Å². The minimum absolute atomic E-state index is 0.479. The first-order valence-electron chi connectivity index (χ1n) is 9.62. The zero-order valence-electron chi connectivity index (χ0n) is 15.5. The molecule has 4 heterocycles. The number of rotatable bonds is 3. The zero-order chi connectivity index (χ0) is 19.1. The number of benzene rings is 1. The second-order valence-electron chi connectivity index (χ2n) is 7.40. The van der Waals surface area contributed by atoms with Crippen LogP contribution in [0.1, 0.15) is 6.42 Å². The van der Waals surface area contributed by atoms with Gasteiger partial charge in [-0.2, -0.15) is 0 Å². The van der Waals surface area contributed by atoms with Gasteiger partial charge in [0, 0.05) is 66.3 Å². The minimum atomic E-state index is -0.626. The third kappa shape index (κ3) is 3.43. The van der Waals surface area contributed by atoms with Crippen LogP contribution in [0.4, 0.5) is 5.82 Å². The fourth-order valence-electron chi connectivity index (χ4n) is 4.12. The van der Waals surface area contributed by atoms with Crippen molar-refractivity contribution in [2.45, 2.75) is 12.5 Å². The predicted molar refractivity (Wildman–Crippen MR) is 114 cm³/mol. The van der Waals surface area contributed by atoms with Gasteiger partial charge in [-0.25, -0.2) is 9.97 Å². The van der Waals surface area contributed by atoms with Crippen LogP contribution in [-0.4, -0.2) is 67.8 Å². The van der Waals surface area contributed by atoms with Crippen molar-refractivity contribution in [1.82, 2.24) is 19.9 Å². The van der Waals surface area contributed by atoms with Gasteiger partial charge in [0.15, 0.2) is 0 Å². The highest BCUT2D eigenvalue weighted by Crippen LogP contribution is 2.30. The Labute approximate surface area is 171 Å². The topological polar surface area (TPSA) is 65.1 Å². The van der Waals surface area contributed by atoms with E-state index in [0.29, 0.717) is 11.1 Å². The van der Waals surface area contributed by atoms with Gasteiger partial charge in [-0.15, -0.1) is 0 Å². The maximum absolute atomic E-state index is 11.7. The number of nitrogens with one attached hydrogen (secondary N) is 1. The molecule has 3 aromatic rings. The van der Waals surface area contributed by atoms with Crippen LogP contribution in [0, 0.1) is 0 Å². The van der Waals surface area contributed by atoms with E-state index in [1.807, 2.05) is 30.3 Å². The number of aromatic nitrogens is 3. The number of pyridine rings is 1. The minimum Gasteiger partial charge on any atom is -0.354 e. The lowest BCUT2D eigenvalue weighted by atomic mass is 10.2. The molecule has 0 spiro atoms. The first-order valence-corrected chi connectivity index (χ1v) is 11.5. The first-order chi connectivity index (χ1) is 13.7. The van der Waals surface area contributed by atoms with Gasteiger partial charge in [0.25, 0.3) is 0 Å². The van der Waals surface area contributed by atoms with Crippen molar-refractivity contribution in [3.63, 3.8) is 0 Å². The maximum Gasteiger partial charge on any atom is 0.140 e. The molecule has 2 aromatic heterocycles. The first kappa shape index (κ1) is 18.1. The molecule has 146 valence electrons. The molecule has 1 N–H and O–H groups in total. The quantitative estimate of drug-likeness (QED) is 0.712. The summed E-state index contributed by atoms with van der Waals surface area (Å²) in [4.78, 5) is 17.4. The number of para-hydroxylation sites is 2. The standard InChI is InChI=1S/C20H22ClN5OS/c21-16-12-22-19(11-15(16)20-23-17-3-1-2-4-18(17)24-20)26-8-6-25(7-9-26)14-5-10-28(27)13-14/h1-4,11-12,14H,5-10,13H2,(H,23,24). The molecule has 0 amide bonds. The molecule has 2 fully saturated rings. The Morgan fingerprint density at radius 2 is 2.00 bits per heavy atom. The fraction of sp³-hybridized carbons (Fsp3) is 0.400. The SMILES string of the molecule is O=S1CCC(N2CCN(c3cc(-c4nc5ccccc5[nH]4)c(Cl)cn3)CC2)C1. The number of fused-ring (bicyclic) bond motifs is 1. The van der Waals surface area contributed by atoms with Gasteiger partial charge in [-0.1, -0.05) is 23.7 Å². The van der Waals surface area contributed by atoms with Gasteiger partial charge >= 0.3 is 0 Å². The molecule has 2 saturated heterocycles. The van der Waals surface area contributed by atoms with Crippen LogP contribution >= 0.6 is 11.6 Å². The summed E-state index contributed by atoms with van der Waals surface area (Å²) in [7, 11) is -0.626. The Balaban J connectivity index is 1.35. The number of halogens is 1. The van der Waals surface area contributed by atoms with E-state index >= 15 is 0 Å². The van der Waals surface area contributed by atoms with Crippen molar-refractivity contribution in [3.8, 4) is 11.4 Å². The van der Waals surface area contributed by atoms with Crippen molar-refractivity contribution >= 4 is 39.3 Å². The summed E-state index contributed by atoms with van der Waals surface area (Å²) in [5.74, 6) is 3.37. The summed E-state index contributed by atoms with van der Waals surface area (Å²) >= 11 is 6.44. The molecule has 2 unspecified atom stereocenters. The molecule has 1 aromatic carbocycles. The Bertz CT molecular complexity index is 997. The smallest absolute Gasteiger partial charge is 0.140 e. The van der Waals surface area contributed by atoms with Crippen LogP contribution in [0.15, 0.2) is 36.5 Å². The molecule has 2 aliphatic rings. The van der Waals surface area contributed by atoms with E-state index in [1.54, 1.807) is 6.20 Å². The molecule has 5 rings (SSSR count). The number of H-pyrrole nitrogens is 1. The molecule has 0 radical (unpaired) electrons. The molecular weight excluding hydrogens is 394 g/mol. The van der Waals surface area contributed by atoms with Gasteiger partial charge in [0.05, 0.1) is 16.1 Å². The number of hydrogen-bond acceptors (Lipinski definition) is 5. The molecule has 0 aliphatic carbocycles. The molecule has 2 atom stereocenters. The number of imidazole rings is 1. The van der Waals surface area contributed by atoms with E-state index in [1.165, 1.54) is 0 Å². The van der Waals surface area contributed by atoms with E-state index in [-0.39, 0.29) is 0 Å². The van der Waals surface area contributed by atoms with Gasteiger partial charge in [-0.05, 0) is 24.6 Å². The Kier molecular flexibility index (Phi) is 4.82. The lowest BCUT2D eigenvalue weighted by Crippen LogP contribution is -2.50. The number of hydrogen-bond donors (Lipinski definition) is 1. The normalized spacial score (nSPS) is 23.5. The van der Waals surface area contributed by atoms with Gasteiger partial charge in [0.2, 0.25) is 0 Å². The monoisotopic (exact) mass is 415 g/mol. The second-order valence-corrected chi connectivity index (χ2v) is 9.43. The summed E-state index contributed by atoms with van der Waals surface area (Å²) < 4.78 is 11.7. The van der Waals surface area contributed by atoms with Gasteiger partial charge < -0.3 is 9.88 Å². The van der Waals surface area contributed by atoms with E-state index in [4.69, 9.17) is 11.6 Å². The van der Waals surface area contributed by atoms with Gasteiger partial charge in [0.1, 0.15) is 11.6 Å². The van der Waals surface area contributed by atoms with E-state index in [0.717, 1.165) is 72.3 Å². The number of piperazine rings is 1. The van der Waals surface area contributed by atoms with Gasteiger partial charge in [-0.3, -0.25) is 9.11 Å². The number of nitrogens with zero attached hydrogens (tertiary/aromatic N) is 4. The van der Waals surface area contributed by atoms with Crippen molar-refractivity contribution in [1.29, 1.82) is 0 Å². The van der Waals surface area contributed by atoms with Crippen LogP contribution in [-0.2, 0) is 10.8 Å². The lowest BCUT2D eigenvalue weighted by molar-refractivity contribution is 0.200. The summed E-state index contributed by atoms with van der Waals surface area (Å²) in [5, 5.41) is 0.592. The average Bonchev–Trinajstić information content (AvgIpc) is 3.34. The van der Waals surface area contributed by atoms with Crippen molar-refractivity contribution in [2.75, 3.05) is 42.6 Å². The predicted octanol–water partition coefficient (Wildman–Crippen LogP) is 2.92. The fourth-order valence-corrected chi connectivity index (χ4v) is 5.82. The van der Waals surface area contributed by atoms with E-state index in [9.17, 15) is 4.21 Å². The summed E-state index contributed by atoms with van der Waals surface area (Å²) in [6.45, 7) is 3.78. The van der Waals surface area contributed by atoms with Crippen molar-refractivity contribution < 1.29 is 4.21 Å². The molecule has 28 heavy (non-hydrogen) atoms. The zero-order valence-corrected chi connectivity index (χ0v) is 17.0. The highest BCUT2D eigenvalue weighted by atomic mass is 35.5. The van der Waals surface area contributed by atoms with Crippen molar-refractivity contribution in [3.05, 3.63) is 41.6 Å². The second kappa shape index (κ2) is 7.46. The Morgan fingerprint density at radius 1 is 1.18 bits per heavy atom. The van der Waals surface area contributed by atoms with Crippen LogP contribution in [0.25, 0.3) is 22.4 Å². The van der Waals surface area contributed by atoms with E-state index in [2.05, 4.69) is 24.8 Å². The Morgan fingerprint density at radius 3 is 2.75 bits per heavy atom. The summed E-state index contributed by atoms with van der Waals surface area (Å²) in [5.41, 5.74) is 2.79. The number of anilines is 1. The van der Waals surface area contributed by atoms with E-state index < -0.39 is 10.8 Å². The van der Waals surface area contributed by atoms with Crippen LogP contribution < -0.4 is 4.90 Å². The molecule has 0 saturated carbocycles. The summed E-state index contributed by atoms with van der Waals surface area (Å²) in [6, 6.07) is 10.5. The van der Waals surface area contributed by atoms with Crippen LogP contribution in [0.5, 0.6) is 0 Å². The third-order valence-corrected chi connectivity index (χ3v) is 7.45. The van der Waals surface area contributed by atoms with Crippen LogP contribution in [0.2, 0.25) is 5.02 Å². The molecule has 2 aliphatic heterocycles. The average molecular weight is 416 g/mol. The molecular formula is C20H22ClN5OS. The Hall–Kier alpha value is -1.96. The highest BCUT2D eigenvalue weighted by Gasteiger charge is 2.29. The highest BCUT2D eigenvalue weighted by molar-refractivity contribution is 7.85. The number of aromatic amines is 1. The molecule has 8 heteroatoms. The molecule has 6 nitrogen and oxygen atoms in total.